The van der Waals surface area contributed by atoms with Gasteiger partial charge in [-0.3, -0.25) is 9.80 Å². The molecule has 148 valence electrons. The summed E-state index contributed by atoms with van der Waals surface area (Å²) < 4.78 is 10.9. The Balaban J connectivity index is 1.20. The topological polar surface area (TPSA) is 24.9 Å². The van der Waals surface area contributed by atoms with E-state index in [-0.39, 0.29) is 0 Å². The number of hydrogen-bond acceptors (Lipinski definition) is 4. The van der Waals surface area contributed by atoms with Crippen molar-refractivity contribution in [3.8, 4) is 11.5 Å². The van der Waals surface area contributed by atoms with Crippen LogP contribution >= 0.6 is 0 Å². The minimum absolute atomic E-state index is 0.863. The van der Waals surface area contributed by atoms with E-state index in [4.69, 9.17) is 9.47 Å². The molecule has 5 fully saturated rings. The van der Waals surface area contributed by atoms with Crippen LogP contribution in [0.15, 0.2) is 18.2 Å². The number of hydrogen-bond donors (Lipinski definition) is 0. The van der Waals surface area contributed by atoms with Gasteiger partial charge in [-0.05, 0) is 61.8 Å². The lowest BCUT2D eigenvalue weighted by molar-refractivity contribution is -0.0769. The fourth-order valence-electron chi connectivity index (χ4n) is 6.94. The number of piperazine rings is 1. The van der Waals surface area contributed by atoms with Crippen molar-refractivity contribution in [1.29, 1.82) is 0 Å². The predicted molar refractivity (Wildman–Crippen MR) is 107 cm³/mol. The summed E-state index contributed by atoms with van der Waals surface area (Å²) in [6.07, 6.45) is 7.67. The standard InChI is InChI=1S/C23H34N2O2/c1-26-21-4-3-18(22(14-21)27-2)15-24-5-7-25(8-6-24)23-19-10-16-9-17(12-19)13-20(23)11-16/h3-4,14,16-17,19-20,23H,5-13,15H2,1-2H3. The highest BCUT2D eigenvalue weighted by atomic mass is 16.5. The first-order valence-electron chi connectivity index (χ1n) is 10.9. The van der Waals surface area contributed by atoms with Gasteiger partial charge in [0.15, 0.2) is 0 Å². The highest BCUT2D eigenvalue weighted by molar-refractivity contribution is 5.40. The van der Waals surface area contributed by atoms with Crippen LogP contribution in [0.25, 0.3) is 0 Å². The zero-order valence-corrected chi connectivity index (χ0v) is 16.9. The smallest absolute Gasteiger partial charge is 0.127 e. The number of nitrogens with zero attached hydrogens (tertiary/aromatic N) is 2. The zero-order valence-electron chi connectivity index (χ0n) is 16.9. The third-order valence-corrected chi connectivity index (χ3v) is 7.89. The maximum Gasteiger partial charge on any atom is 0.127 e. The molecule has 1 aromatic rings. The van der Waals surface area contributed by atoms with E-state index in [0.29, 0.717) is 0 Å². The fourth-order valence-corrected chi connectivity index (χ4v) is 6.94. The summed E-state index contributed by atoms with van der Waals surface area (Å²) in [4.78, 5) is 5.46. The molecule has 4 saturated carbocycles. The molecule has 4 aliphatic carbocycles. The lowest BCUT2D eigenvalue weighted by Crippen LogP contribution is -2.60. The molecule has 0 atom stereocenters. The van der Waals surface area contributed by atoms with Crippen LogP contribution in [0.5, 0.6) is 11.5 Å². The molecule has 5 aliphatic rings. The van der Waals surface area contributed by atoms with Crippen molar-refractivity contribution in [2.75, 3.05) is 40.4 Å². The van der Waals surface area contributed by atoms with Gasteiger partial charge in [0.25, 0.3) is 0 Å². The second-order valence-electron chi connectivity index (χ2n) is 9.41. The average molecular weight is 371 g/mol. The van der Waals surface area contributed by atoms with Gasteiger partial charge in [0.1, 0.15) is 11.5 Å². The van der Waals surface area contributed by atoms with Crippen molar-refractivity contribution in [2.45, 2.75) is 44.7 Å². The predicted octanol–water partition coefficient (Wildman–Crippen LogP) is 3.65. The van der Waals surface area contributed by atoms with E-state index in [2.05, 4.69) is 15.9 Å². The van der Waals surface area contributed by atoms with Crippen molar-refractivity contribution >= 4 is 0 Å². The first kappa shape index (κ1) is 17.8. The van der Waals surface area contributed by atoms with Gasteiger partial charge in [0.2, 0.25) is 0 Å². The second kappa shape index (κ2) is 7.29. The van der Waals surface area contributed by atoms with Crippen LogP contribution in [0.1, 0.15) is 37.7 Å². The van der Waals surface area contributed by atoms with Crippen LogP contribution in [0, 0.1) is 23.7 Å². The molecule has 0 spiro atoms. The molecule has 1 heterocycles. The van der Waals surface area contributed by atoms with Crippen LogP contribution in [-0.4, -0.2) is 56.2 Å². The Morgan fingerprint density at radius 3 is 2.11 bits per heavy atom. The Labute approximate surface area is 163 Å². The SMILES string of the molecule is COc1ccc(CN2CCN(C3C4CC5CC(C4)CC3C5)CC2)c(OC)c1. The van der Waals surface area contributed by atoms with E-state index in [1.54, 1.807) is 20.6 Å². The summed E-state index contributed by atoms with van der Waals surface area (Å²) >= 11 is 0. The third kappa shape index (κ3) is 3.36. The first-order chi connectivity index (χ1) is 13.2. The Bertz CT molecular complexity index is 640. The molecule has 0 unspecified atom stereocenters. The van der Waals surface area contributed by atoms with E-state index in [1.807, 2.05) is 12.1 Å². The Morgan fingerprint density at radius 1 is 0.852 bits per heavy atom. The summed E-state index contributed by atoms with van der Waals surface area (Å²) in [5.74, 6) is 5.98. The van der Waals surface area contributed by atoms with Crippen LogP contribution in [0.3, 0.4) is 0 Å². The Hall–Kier alpha value is -1.26. The van der Waals surface area contributed by atoms with Crippen molar-refractivity contribution in [3.63, 3.8) is 0 Å². The summed E-state index contributed by atoms with van der Waals surface area (Å²) in [7, 11) is 3.46. The van der Waals surface area contributed by atoms with Gasteiger partial charge in [-0.25, -0.2) is 0 Å². The first-order valence-corrected chi connectivity index (χ1v) is 10.9. The Morgan fingerprint density at radius 2 is 1.52 bits per heavy atom. The number of ether oxygens (including phenoxy) is 2. The van der Waals surface area contributed by atoms with Crippen molar-refractivity contribution < 1.29 is 9.47 Å². The van der Waals surface area contributed by atoms with E-state index in [1.165, 1.54) is 57.4 Å². The lowest BCUT2D eigenvalue weighted by atomic mass is 9.54. The molecule has 0 amide bonds. The molecule has 1 aliphatic heterocycles. The zero-order chi connectivity index (χ0) is 18.4. The normalized spacial score (nSPS) is 36.1. The van der Waals surface area contributed by atoms with Crippen LogP contribution in [0.2, 0.25) is 0 Å². The van der Waals surface area contributed by atoms with Crippen molar-refractivity contribution in [1.82, 2.24) is 9.80 Å². The van der Waals surface area contributed by atoms with Crippen molar-refractivity contribution in [3.05, 3.63) is 23.8 Å². The monoisotopic (exact) mass is 370 g/mol. The van der Waals surface area contributed by atoms with Gasteiger partial charge in [-0.1, -0.05) is 6.07 Å². The second-order valence-corrected chi connectivity index (χ2v) is 9.41. The minimum atomic E-state index is 0.863. The van der Waals surface area contributed by atoms with Crippen molar-refractivity contribution in [2.24, 2.45) is 23.7 Å². The molecule has 4 nitrogen and oxygen atoms in total. The average Bonchev–Trinajstić information content (AvgIpc) is 2.68. The quantitative estimate of drug-likeness (QED) is 0.790. The molecule has 6 rings (SSSR count). The highest BCUT2D eigenvalue weighted by Crippen LogP contribution is 2.55. The number of rotatable bonds is 5. The highest BCUT2D eigenvalue weighted by Gasteiger charge is 2.50. The molecule has 0 aromatic heterocycles. The number of benzene rings is 1. The van der Waals surface area contributed by atoms with Crippen LogP contribution in [0.4, 0.5) is 0 Å². The maximum atomic E-state index is 5.59. The summed E-state index contributed by atoms with van der Waals surface area (Å²) in [6.45, 7) is 5.82. The minimum Gasteiger partial charge on any atom is -0.497 e. The molecule has 1 saturated heterocycles. The summed E-state index contributed by atoms with van der Waals surface area (Å²) in [5, 5.41) is 0. The third-order valence-electron chi connectivity index (χ3n) is 7.89. The maximum absolute atomic E-state index is 5.59. The molecular formula is C23H34N2O2. The lowest BCUT2D eigenvalue weighted by Gasteiger charge is -2.58. The molecule has 1 aromatic carbocycles. The molecule has 0 N–H and O–H groups in total. The van der Waals surface area contributed by atoms with Gasteiger partial charge < -0.3 is 9.47 Å². The fraction of sp³-hybridized carbons (Fsp3) is 0.739. The van der Waals surface area contributed by atoms with Gasteiger partial charge in [0.05, 0.1) is 14.2 Å². The van der Waals surface area contributed by atoms with Gasteiger partial charge >= 0.3 is 0 Å². The molecular weight excluding hydrogens is 336 g/mol. The van der Waals surface area contributed by atoms with E-state index < -0.39 is 0 Å². The summed E-state index contributed by atoms with van der Waals surface area (Å²) in [5.41, 5.74) is 1.27. The van der Waals surface area contributed by atoms with Crippen LogP contribution in [-0.2, 0) is 6.54 Å². The number of methoxy groups -OCH3 is 2. The molecule has 4 heteroatoms. The van der Waals surface area contributed by atoms with Gasteiger partial charge in [-0.15, -0.1) is 0 Å². The largest absolute Gasteiger partial charge is 0.497 e. The Kier molecular flexibility index (Phi) is 4.81. The van der Waals surface area contributed by atoms with Gasteiger partial charge in [-0.2, -0.15) is 0 Å². The molecule has 4 bridgehead atoms. The van der Waals surface area contributed by atoms with E-state index >= 15 is 0 Å². The molecule has 0 radical (unpaired) electrons. The summed E-state index contributed by atoms with van der Waals surface area (Å²) in [6, 6.07) is 7.10. The van der Waals surface area contributed by atoms with Gasteiger partial charge in [0, 0.05) is 50.4 Å². The van der Waals surface area contributed by atoms with E-state index in [9.17, 15) is 0 Å². The van der Waals surface area contributed by atoms with E-state index in [0.717, 1.165) is 47.8 Å². The van der Waals surface area contributed by atoms with Crippen LogP contribution < -0.4 is 9.47 Å². The molecule has 27 heavy (non-hydrogen) atoms.